The Balaban J connectivity index is 1.84. The fourth-order valence-electron chi connectivity index (χ4n) is 3.59. The van der Waals surface area contributed by atoms with Crippen molar-refractivity contribution in [2.24, 2.45) is 0 Å². The van der Waals surface area contributed by atoms with Crippen LogP contribution < -0.4 is 10.2 Å². The Morgan fingerprint density at radius 2 is 2.00 bits per heavy atom. The Kier molecular flexibility index (Phi) is 4.62. The van der Waals surface area contributed by atoms with Crippen molar-refractivity contribution >= 4 is 11.6 Å². The predicted molar refractivity (Wildman–Crippen MR) is 95.2 cm³/mol. The Morgan fingerprint density at radius 3 is 2.61 bits per heavy atom. The summed E-state index contributed by atoms with van der Waals surface area (Å²) in [5.74, 6) is 1.44. The zero-order valence-corrected chi connectivity index (χ0v) is 14.8. The van der Waals surface area contributed by atoms with Crippen LogP contribution in [-0.2, 0) is 4.79 Å². The number of carbonyl (C=O) groups is 1. The number of hydrogen-bond acceptors (Lipinski definition) is 3. The van der Waals surface area contributed by atoms with Crippen molar-refractivity contribution in [2.45, 2.75) is 44.6 Å². The topological polar surface area (TPSA) is 35.6 Å². The minimum atomic E-state index is -0.0668. The van der Waals surface area contributed by atoms with Crippen LogP contribution in [0.4, 0.5) is 5.69 Å². The molecule has 0 radical (unpaired) electrons. The van der Waals surface area contributed by atoms with E-state index in [1.165, 1.54) is 29.7 Å². The summed E-state index contributed by atoms with van der Waals surface area (Å²) in [6.45, 7) is 7.22. The van der Waals surface area contributed by atoms with Crippen molar-refractivity contribution in [3.8, 4) is 0 Å². The van der Waals surface area contributed by atoms with E-state index < -0.39 is 0 Å². The Hall–Kier alpha value is -1.55. The summed E-state index contributed by atoms with van der Waals surface area (Å²) in [5.41, 5.74) is 4.31. The van der Waals surface area contributed by atoms with Gasteiger partial charge in [0.2, 0.25) is 5.91 Å². The number of anilines is 1. The molecule has 126 valence electrons. The fraction of sp³-hybridized carbons (Fsp3) is 0.632. The molecule has 1 saturated heterocycles. The number of likely N-dealkylation sites (N-methyl/N-ethyl adjacent to an activating group) is 2. The van der Waals surface area contributed by atoms with Crippen molar-refractivity contribution in [3.05, 3.63) is 29.3 Å². The molecule has 1 aliphatic heterocycles. The van der Waals surface area contributed by atoms with Crippen molar-refractivity contribution in [1.29, 1.82) is 0 Å². The second kappa shape index (κ2) is 6.52. The van der Waals surface area contributed by atoms with Crippen LogP contribution >= 0.6 is 0 Å². The number of nitrogens with one attached hydrogen (secondary N) is 1. The van der Waals surface area contributed by atoms with Gasteiger partial charge in [0.1, 0.15) is 6.04 Å². The zero-order chi connectivity index (χ0) is 16.6. The van der Waals surface area contributed by atoms with Crippen molar-refractivity contribution in [1.82, 2.24) is 10.2 Å². The highest BCUT2D eigenvalue weighted by Gasteiger charge is 2.31. The first kappa shape index (κ1) is 16.3. The van der Waals surface area contributed by atoms with E-state index in [1.54, 1.807) is 7.05 Å². The highest BCUT2D eigenvalue weighted by atomic mass is 16.2. The number of rotatable bonds is 4. The van der Waals surface area contributed by atoms with Gasteiger partial charge < -0.3 is 10.2 Å². The standard InChI is InChI=1S/C19H29N3O/c1-13(2)16-8-7-15(11-17(16)14-5-6-14)22-10-9-21(4)18(12-22)19(23)20-3/h7-8,11,13-14,18H,5-6,9-10,12H2,1-4H3,(H,20,23). The molecule has 1 atom stereocenters. The van der Waals surface area contributed by atoms with Crippen LogP contribution in [0.5, 0.6) is 0 Å². The Bertz CT molecular complexity index is 580. The van der Waals surface area contributed by atoms with E-state index in [0.717, 1.165) is 25.6 Å². The van der Waals surface area contributed by atoms with Gasteiger partial charge in [0, 0.05) is 32.4 Å². The molecular weight excluding hydrogens is 286 g/mol. The van der Waals surface area contributed by atoms with Gasteiger partial charge in [-0.15, -0.1) is 0 Å². The van der Waals surface area contributed by atoms with E-state index in [-0.39, 0.29) is 11.9 Å². The first-order chi connectivity index (χ1) is 11.0. The van der Waals surface area contributed by atoms with Crippen molar-refractivity contribution in [2.75, 3.05) is 38.6 Å². The lowest BCUT2D eigenvalue weighted by Gasteiger charge is -2.39. The maximum atomic E-state index is 12.1. The lowest BCUT2D eigenvalue weighted by atomic mass is 9.93. The number of benzene rings is 1. The van der Waals surface area contributed by atoms with E-state index >= 15 is 0 Å². The molecule has 4 heteroatoms. The molecule has 1 saturated carbocycles. The van der Waals surface area contributed by atoms with E-state index in [1.807, 2.05) is 7.05 Å². The molecule has 1 aromatic carbocycles. The molecule has 0 bridgehead atoms. The zero-order valence-electron chi connectivity index (χ0n) is 14.8. The number of hydrogen-bond donors (Lipinski definition) is 1. The van der Waals surface area contributed by atoms with Crippen LogP contribution in [0, 0.1) is 0 Å². The summed E-state index contributed by atoms with van der Waals surface area (Å²) >= 11 is 0. The predicted octanol–water partition coefficient (Wildman–Crippen LogP) is 2.55. The second-order valence-corrected chi connectivity index (χ2v) is 7.30. The van der Waals surface area contributed by atoms with Crippen molar-refractivity contribution < 1.29 is 4.79 Å². The van der Waals surface area contributed by atoms with Gasteiger partial charge in [0.25, 0.3) is 0 Å². The van der Waals surface area contributed by atoms with Gasteiger partial charge in [-0.3, -0.25) is 9.69 Å². The molecule has 2 fully saturated rings. The molecule has 1 amide bonds. The molecule has 1 N–H and O–H groups in total. The summed E-state index contributed by atoms with van der Waals surface area (Å²) in [6, 6.07) is 6.87. The third kappa shape index (κ3) is 3.37. The lowest BCUT2D eigenvalue weighted by Crippen LogP contribution is -2.57. The molecule has 1 unspecified atom stereocenters. The van der Waals surface area contributed by atoms with E-state index in [9.17, 15) is 4.79 Å². The highest BCUT2D eigenvalue weighted by molar-refractivity contribution is 5.82. The van der Waals surface area contributed by atoms with Crippen molar-refractivity contribution in [3.63, 3.8) is 0 Å². The van der Waals surface area contributed by atoms with E-state index in [2.05, 4.69) is 47.2 Å². The van der Waals surface area contributed by atoms with Gasteiger partial charge in [-0.1, -0.05) is 19.9 Å². The molecule has 1 aliphatic carbocycles. The molecule has 0 spiro atoms. The summed E-state index contributed by atoms with van der Waals surface area (Å²) in [6.07, 6.45) is 2.65. The van der Waals surface area contributed by atoms with Gasteiger partial charge in [0.15, 0.2) is 0 Å². The van der Waals surface area contributed by atoms with Gasteiger partial charge in [-0.25, -0.2) is 0 Å². The lowest BCUT2D eigenvalue weighted by molar-refractivity contribution is -0.125. The first-order valence-electron chi connectivity index (χ1n) is 8.82. The van der Waals surface area contributed by atoms with Gasteiger partial charge >= 0.3 is 0 Å². The molecule has 2 aliphatic rings. The molecule has 1 aromatic rings. The Labute approximate surface area is 139 Å². The quantitative estimate of drug-likeness (QED) is 0.927. The number of piperazine rings is 1. The SMILES string of the molecule is CNC(=O)C1CN(c2ccc(C(C)C)c(C3CC3)c2)CCN1C. The first-order valence-corrected chi connectivity index (χ1v) is 8.82. The summed E-state index contributed by atoms with van der Waals surface area (Å²) < 4.78 is 0. The summed E-state index contributed by atoms with van der Waals surface area (Å²) in [5, 5.41) is 2.79. The van der Waals surface area contributed by atoms with Gasteiger partial charge in [-0.2, -0.15) is 0 Å². The summed E-state index contributed by atoms with van der Waals surface area (Å²) in [7, 11) is 3.76. The highest BCUT2D eigenvalue weighted by Crippen LogP contribution is 2.44. The molecule has 4 nitrogen and oxygen atoms in total. The average Bonchev–Trinajstić information content (AvgIpc) is 3.38. The van der Waals surface area contributed by atoms with Gasteiger partial charge in [0.05, 0.1) is 0 Å². The third-order valence-electron chi connectivity index (χ3n) is 5.27. The Morgan fingerprint density at radius 1 is 1.26 bits per heavy atom. The largest absolute Gasteiger partial charge is 0.368 e. The number of carbonyl (C=O) groups excluding carboxylic acids is 1. The molecule has 3 rings (SSSR count). The van der Waals surface area contributed by atoms with Crippen LogP contribution in [0.15, 0.2) is 18.2 Å². The normalized spacial score (nSPS) is 22.5. The van der Waals surface area contributed by atoms with Crippen LogP contribution in [0.2, 0.25) is 0 Å². The number of nitrogens with zero attached hydrogens (tertiary/aromatic N) is 2. The third-order valence-corrected chi connectivity index (χ3v) is 5.27. The average molecular weight is 315 g/mol. The monoisotopic (exact) mass is 315 g/mol. The molecule has 1 heterocycles. The molecule has 23 heavy (non-hydrogen) atoms. The summed E-state index contributed by atoms with van der Waals surface area (Å²) in [4.78, 5) is 16.6. The smallest absolute Gasteiger partial charge is 0.238 e. The van der Waals surface area contributed by atoms with Crippen LogP contribution in [0.25, 0.3) is 0 Å². The van der Waals surface area contributed by atoms with Gasteiger partial charge in [-0.05, 0) is 55.0 Å². The fourth-order valence-corrected chi connectivity index (χ4v) is 3.59. The van der Waals surface area contributed by atoms with Crippen LogP contribution in [0.3, 0.4) is 0 Å². The second-order valence-electron chi connectivity index (χ2n) is 7.30. The van der Waals surface area contributed by atoms with E-state index in [4.69, 9.17) is 0 Å². The van der Waals surface area contributed by atoms with Crippen LogP contribution in [0.1, 0.15) is 49.7 Å². The minimum Gasteiger partial charge on any atom is -0.368 e. The molecule has 0 aromatic heterocycles. The maximum Gasteiger partial charge on any atom is 0.238 e. The minimum absolute atomic E-state index is 0.0668. The maximum absolute atomic E-state index is 12.1. The van der Waals surface area contributed by atoms with Crippen LogP contribution in [-0.4, -0.2) is 50.6 Å². The number of amides is 1. The molecular formula is C19H29N3O. The van der Waals surface area contributed by atoms with E-state index in [0.29, 0.717) is 5.92 Å².